The number of aromatic nitrogens is 2. The van der Waals surface area contributed by atoms with Crippen LogP contribution in [0.15, 0.2) is 38.6 Å². The van der Waals surface area contributed by atoms with Crippen LogP contribution in [0.4, 0.5) is 4.39 Å². The zero-order chi connectivity index (χ0) is 18.0. The first kappa shape index (κ1) is 17.2. The number of halogens is 1. The summed E-state index contributed by atoms with van der Waals surface area (Å²) in [5.74, 6) is -1.19. The van der Waals surface area contributed by atoms with Crippen molar-refractivity contribution >= 4 is 5.91 Å². The van der Waals surface area contributed by atoms with Crippen LogP contribution in [-0.4, -0.2) is 21.6 Å². The van der Waals surface area contributed by atoms with Crippen molar-refractivity contribution in [3.63, 3.8) is 0 Å². The van der Waals surface area contributed by atoms with E-state index in [9.17, 15) is 18.8 Å². The number of nitrogens with zero attached hydrogens (tertiary/aromatic N) is 2. The minimum atomic E-state index is -1.14. The second-order valence-electron chi connectivity index (χ2n) is 5.83. The highest BCUT2D eigenvalue weighted by Crippen LogP contribution is 2.20. The highest BCUT2D eigenvalue weighted by Gasteiger charge is 2.23. The number of carbonyl (C=O) groups excluding carboxylic acids is 1. The van der Waals surface area contributed by atoms with Crippen LogP contribution in [0.5, 0.6) is 0 Å². The molecule has 1 amide bonds. The Kier molecular flexibility index (Phi) is 4.84. The number of rotatable bonds is 5. The Morgan fingerprint density at radius 2 is 2.28 bits per heavy atom. The van der Waals surface area contributed by atoms with Gasteiger partial charge >= 0.3 is 5.69 Å². The first-order valence-corrected chi connectivity index (χ1v) is 7.93. The van der Waals surface area contributed by atoms with Gasteiger partial charge in [0.1, 0.15) is 18.5 Å². The average Bonchev–Trinajstić information content (AvgIpc) is 3.28. The molecule has 1 aliphatic heterocycles. The number of furan rings is 1. The predicted molar refractivity (Wildman–Crippen MR) is 84.4 cm³/mol. The fraction of sp³-hybridized carbons (Fsp3) is 0.438. The predicted octanol–water partition coefficient (Wildman–Crippen LogP) is 0.928. The minimum Gasteiger partial charge on any atom is -0.467 e. The SMILES string of the molecule is C[C@@H](NC(=O)Cn1c(=O)c(F)cn([C@H]2CCCO2)c1=O)c1ccco1. The van der Waals surface area contributed by atoms with Crippen molar-refractivity contribution in [3.8, 4) is 0 Å². The lowest BCUT2D eigenvalue weighted by molar-refractivity contribution is -0.122. The Balaban J connectivity index is 1.82. The van der Waals surface area contributed by atoms with Gasteiger partial charge in [0.25, 0.3) is 5.56 Å². The molecule has 0 bridgehead atoms. The van der Waals surface area contributed by atoms with Crippen molar-refractivity contribution in [1.82, 2.24) is 14.5 Å². The molecule has 8 nitrogen and oxygen atoms in total. The number of hydrogen-bond donors (Lipinski definition) is 1. The van der Waals surface area contributed by atoms with Crippen molar-refractivity contribution in [3.05, 3.63) is 57.0 Å². The van der Waals surface area contributed by atoms with Gasteiger partial charge in [-0.1, -0.05) is 0 Å². The third-order valence-corrected chi connectivity index (χ3v) is 4.02. The van der Waals surface area contributed by atoms with Crippen LogP contribution >= 0.6 is 0 Å². The minimum absolute atomic E-state index is 0.452. The quantitative estimate of drug-likeness (QED) is 0.865. The lowest BCUT2D eigenvalue weighted by atomic mass is 10.2. The largest absolute Gasteiger partial charge is 0.467 e. The molecule has 0 aromatic carbocycles. The van der Waals surface area contributed by atoms with Gasteiger partial charge in [-0.3, -0.25) is 14.2 Å². The van der Waals surface area contributed by atoms with Crippen LogP contribution in [0.25, 0.3) is 0 Å². The molecule has 134 valence electrons. The fourth-order valence-corrected chi connectivity index (χ4v) is 2.75. The van der Waals surface area contributed by atoms with Crippen molar-refractivity contribution < 1.29 is 18.3 Å². The van der Waals surface area contributed by atoms with Crippen molar-refractivity contribution in [2.24, 2.45) is 0 Å². The molecule has 2 atom stereocenters. The molecule has 1 N–H and O–H groups in total. The maximum atomic E-state index is 13.9. The molecule has 2 aromatic heterocycles. The first-order valence-electron chi connectivity index (χ1n) is 7.93. The maximum absolute atomic E-state index is 13.9. The van der Waals surface area contributed by atoms with Gasteiger partial charge < -0.3 is 14.5 Å². The Bertz CT molecular complexity index is 865. The van der Waals surface area contributed by atoms with E-state index in [4.69, 9.17) is 9.15 Å². The Morgan fingerprint density at radius 3 is 2.92 bits per heavy atom. The summed E-state index contributed by atoms with van der Waals surface area (Å²) >= 11 is 0. The van der Waals surface area contributed by atoms with Crippen LogP contribution in [0.2, 0.25) is 0 Å². The summed E-state index contributed by atoms with van der Waals surface area (Å²) in [6.07, 6.45) is 2.95. The maximum Gasteiger partial charge on any atom is 0.333 e. The van der Waals surface area contributed by atoms with Gasteiger partial charge in [0.05, 0.1) is 18.5 Å². The van der Waals surface area contributed by atoms with E-state index in [0.29, 0.717) is 23.4 Å². The number of ether oxygens (including phenoxy) is 1. The fourth-order valence-electron chi connectivity index (χ4n) is 2.75. The Labute approximate surface area is 141 Å². The number of carbonyl (C=O) groups is 1. The first-order chi connectivity index (χ1) is 12.0. The van der Waals surface area contributed by atoms with Gasteiger partial charge in [-0.05, 0) is 31.9 Å². The standard InChI is InChI=1S/C16H18FN3O5/c1-10(12-4-2-6-24-12)18-13(21)9-20-15(22)11(17)8-19(16(20)23)14-5-3-7-25-14/h2,4,6,8,10,14H,3,5,7,9H2,1H3,(H,18,21)/t10-,14-/m1/s1. The van der Waals surface area contributed by atoms with Gasteiger partial charge in [0.2, 0.25) is 11.7 Å². The molecule has 1 fully saturated rings. The average molecular weight is 351 g/mol. The van der Waals surface area contributed by atoms with E-state index >= 15 is 0 Å². The Hall–Kier alpha value is -2.68. The lowest BCUT2D eigenvalue weighted by Gasteiger charge is -2.16. The van der Waals surface area contributed by atoms with E-state index in [0.717, 1.165) is 17.2 Å². The summed E-state index contributed by atoms with van der Waals surface area (Å²) < 4.78 is 26.0. The molecule has 0 saturated carbocycles. The van der Waals surface area contributed by atoms with E-state index in [1.165, 1.54) is 6.26 Å². The topological polar surface area (TPSA) is 95.5 Å². The van der Waals surface area contributed by atoms with Crippen molar-refractivity contribution in [1.29, 1.82) is 0 Å². The molecule has 3 rings (SSSR count). The van der Waals surface area contributed by atoms with Crippen LogP contribution in [-0.2, 0) is 16.1 Å². The van der Waals surface area contributed by atoms with Crippen molar-refractivity contribution in [2.75, 3.05) is 6.61 Å². The van der Waals surface area contributed by atoms with E-state index in [1.54, 1.807) is 19.1 Å². The van der Waals surface area contributed by atoms with Gasteiger partial charge in [0.15, 0.2) is 0 Å². The summed E-state index contributed by atoms with van der Waals surface area (Å²) in [5.41, 5.74) is -1.92. The summed E-state index contributed by atoms with van der Waals surface area (Å²) in [4.78, 5) is 36.6. The molecular formula is C16H18FN3O5. The summed E-state index contributed by atoms with van der Waals surface area (Å²) in [7, 11) is 0. The highest BCUT2D eigenvalue weighted by molar-refractivity contribution is 5.76. The number of amides is 1. The molecule has 0 aliphatic carbocycles. The summed E-state index contributed by atoms with van der Waals surface area (Å²) in [6, 6.07) is 2.91. The number of hydrogen-bond acceptors (Lipinski definition) is 5. The second-order valence-corrected chi connectivity index (χ2v) is 5.83. The van der Waals surface area contributed by atoms with E-state index in [1.807, 2.05) is 0 Å². The molecule has 2 aromatic rings. The zero-order valence-corrected chi connectivity index (χ0v) is 13.6. The van der Waals surface area contributed by atoms with Crippen LogP contribution in [0, 0.1) is 5.82 Å². The smallest absolute Gasteiger partial charge is 0.333 e. The van der Waals surface area contributed by atoms with E-state index in [-0.39, 0.29) is 0 Å². The normalized spacial score (nSPS) is 18.2. The second kappa shape index (κ2) is 7.06. The summed E-state index contributed by atoms with van der Waals surface area (Å²) in [6.45, 7) is 1.56. The van der Waals surface area contributed by atoms with Crippen LogP contribution in [0.1, 0.15) is 37.8 Å². The summed E-state index contributed by atoms with van der Waals surface area (Å²) in [5, 5.41) is 2.60. The van der Waals surface area contributed by atoms with Gasteiger partial charge in [-0.15, -0.1) is 0 Å². The molecule has 3 heterocycles. The molecule has 1 aliphatic rings. The van der Waals surface area contributed by atoms with Crippen molar-refractivity contribution in [2.45, 2.75) is 38.6 Å². The van der Waals surface area contributed by atoms with Crippen LogP contribution < -0.4 is 16.6 Å². The van der Waals surface area contributed by atoms with Gasteiger partial charge in [0, 0.05) is 6.61 Å². The van der Waals surface area contributed by atoms with Gasteiger partial charge in [-0.2, -0.15) is 4.39 Å². The molecule has 0 spiro atoms. The van der Waals surface area contributed by atoms with E-state index in [2.05, 4.69) is 5.32 Å². The lowest BCUT2D eigenvalue weighted by Crippen LogP contribution is -2.45. The molecule has 0 unspecified atom stereocenters. The third-order valence-electron chi connectivity index (χ3n) is 4.02. The molecule has 9 heteroatoms. The molecule has 25 heavy (non-hydrogen) atoms. The molecular weight excluding hydrogens is 333 g/mol. The zero-order valence-electron chi connectivity index (χ0n) is 13.6. The van der Waals surface area contributed by atoms with Gasteiger partial charge in [-0.25, -0.2) is 9.36 Å². The third kappa shape index (κ3) is 3.55. The molecule has 1 saturated heterocycles. The Morgan fingerprint density at radius 1 is 1.48 bits per heavy atom. The monoisotopic (exact) mass is 351 g/mol. The highest BCUT2D eigenvalue weighted by atomic mass is 19.1. The molecule has 0 radical (unpaired) electrons. The number of nitrogens with one attached hydrogen (secondary N) is 1. The van der Waals surface area contributed by atoms with E-state index < -0.39 is 41.8 Å². The van der Waals surface area contributed by atoms with Crippen LogP contribution in [0.3, 0.4) is 0 Å².